The summed E-state index contributed by atoms with van der Waals surface area (Å²) in [5.74, 6) is 2.68. The van der Waals surface area contributed by atoms with Crippen molar-refractivity contribution in [1.29, 1.82) is 0 Å². The topological polar surface area (TPSA) is 73.6 Å². The van der Waals surface area contributed by atoms with Crippen LogP contribution in [0.2, 0.25) is 0 Å². The minimum atomic E-state index is -0.225. The van der Waals surface area contributed by atoms with Crippen LogP contribution >= 0.6 is 11.8 Å². The normalized spacial score (nSPS) is 12.4. The molecule has 1 N–H and O–H groups in total. The highest BCUT2D eigenvalue weighted by molar-refractivity contribution is 7.98. The molecule has 0 fully saturated rings. The van der Waals surface area contributed by atoms with E-state index in [1.165, 1.54) is 0 Å². The van der Waals surface area contributed by atoms with Gasteiger partial charge in [-0.1, -0.05) is 5.16 Å². The minimum Gasteiger partial charge on any atom is -0.454 e. The molecule has 1 aliphatic heterocycles. The second kappa shape index (κ2) is 6.74. The first-order valence-electron chi connectivity index (χ1n) is 6.92. The lowest BCUT2D eigenvalue weighted by atomic mass is 10.1. The molecule has 7 heteroatoms. The van der Waals surface area contributed by atoms with Gasteiger partial charge in [0.25, 0.3) is 5.91 Å². The Balaban J connectivity index is 1.67. The summed E-state index contributed by atoms with van der Waals surface area (Å²) in [5, 5.41) is 6.64. The molecule has 2 aromatic rings. The maximum Gasteiger partial charge on any atom is 0.273 e. The van der Waals surface area contributed by atoms with Gasteiger partial charge in [0, 0.05) is 18.2 Å². The third kappa shape index (κ3) is 3.19. The highest BCUT2D eigenvalue weighted by Gasteiger charge is 2.17. The highest BCUT2D eigenvalue weighted by atomic mass is 32.2. The fourth-order valence-electron chi connectivity index (χ4n) is 2.08. The Morgan fingerprint density at radius 3 is 3.05 bits per heavy atom. The number of carbonyl (C=O) groups excluding carboxylic acids is 1. The monoisotopic (exact) mass is 320 g/mol. The number of thioether (sulfide) groups is 1. The Morgan fingerprint density at radius 1 is 1.32 bits per heavy atom. The number of nitrogens with one attached hydrogen (secondary N) is 1. The number of aromatic nitrogens is 1. The van der Waals surface area contributed by atoms with Gasteiger partial charge in [0.2, 0.25) is 6.79 Å². The predicted octanol–water partition coefficient (Wildman–Crippen LogP) is 2.55. The van der Waals surface area contributed by atoms with Crippen LogP contribution in [0.4, 0.5) is 0 Å². The SMILES string of the molecule is CSCCCNC(=O)c1cc(-c2ccc3c(c2)OCO3)on1. The Kier molecular flexibility index (Phi) is 4.53. The van der Waals surface area contributed by atoms with Crippen molar-refractivity contribution in [3.8, 4) is 22.8 Å². The molecule has 2 heterocycles. The van der Waals surface area contributed by atoms with Crippen LogP contribution in [-0.2, 0) is 0 Å². The van der Waals surface area contributed by atoms with E-state index in [9.17, 15) is 4.79 Å². The molecule has 0 radical (unpaired) electrons. The van der Waals surface area contributed by atoms with Crippen molar-refractivity contribution in [2.75, 3.05) is 25.3 Å². The highest BCUT2D eigenvalue weighted by Crippen LogP contribution is 2.35. The van der Waals surface area contributed by atoms with Crippen molar-refractivity contribution >= 4 is 17.7 Å². The molecule has 0 spiro atoms. The molecule has 0 saturated heterocycles. The van der Waals surface area contributed by atoms with E-state index in [1.54, 1.807) is 17.8 Å². The van der Waals surface area contributed by atoms with Gasteiger partial charge in [-0.25, -0.2) is 0 Å². The number of rotatable bonds is 6. The van der Waals surface area contributed by atoms with Crippen molar-refractivity contribution in [1.82, 2.24) is 10.5 Å². The summed E-state index contributed by atoms with van der Waals surface area (Å²) >= 11 is 1.75. The lowest BCUT2D eigenvalue weighted by Crippen LogP contribution is -2.25. The van der Waals surface area contributed by atoms with Gasteiger partial charge in [0.05, 0.1) is 0 Å². The van der Waals surface area contributed by atoms with Crippen molar-refractivity contribution in [2.45, 2.75) is 6.42 Å². The van der Waals surface area contributed by atoms with Crippen LogP contribution in [0.3, 0.4) is 0 Å². The maximum absolute atomic E-state index is 12.0. The number of fused-ring (bicyclic) bond motifs is 1. The summed E-state index contributed by atoms with van der Waals surface area (Å²) in [6, 6.07) is 7.08. The van der Waals surface area contributed by atoms with Crippen molar-refractivity contribution in [2.24, 2.45) is 0 Å². The number of hydrogen-bond donors (Lipinski definition) is 1. The quantitative estimate of drug-likeness (QED) is 0.825. The van der Waals surface area contributed by atoms with Crippen LogP contribution in [0.5, 0.6) is 11.5 Å². The molecule has 6 nitrogen and oxygen atoms in total. The first-order chi connectivity index (χ1) is 10.8. The van der Waals surface area contributed by atoms with Crippen LogP contribution in [0.15, 0.2) is 28.8 Å². The number of carbonyl (C=O) groups is 1. The molecule has 0 bridgehead atoms. The lowest BCUT2D eigenvalue weighted by molar-refractivity contribution is 0.0945. The number of nitrogens with zero attached hydrogens (tertiary/aromatic N) is 1. The number of amides is 1. The molecule has 22 heavy (non-hydrogen) atoms. The third-order valence-corrected chi connectivity index (χ3v) is 3.91. The molecule has 1 aromatic carbocycles. The van der Waals surface area contributed by atoms with E-state index >= 15 is 0 Å². The molecule has 3 rings (SSSR count). The number of ether oxygens (including phenoxy) is 2. The fraction of sp³-hybridized carbons (Fsp3) is 0.333. The van der Waals surface area contributed by atoms with Gasteiger partial charge in [-0.3, -0.25) is 4.79 Å². The average molecular weight is 320 g/mol. The Labute approximate surface area is 132 Å². The van der Waals surface area contributed by atoms with E-state index in [-0.39, 0.29) is 18.4 Å². The van der Waals surface area contributed by atoms with Crippen molar-refractivity contribution < 1.29 is 18.8 Å². The molecule has 0 atom stereocenters. The molecule has 0 saturated carbocycles. The molecular weight excluding hydrogens is 304 g/mol. The van der Waals surface area contributed by atoms with E-state index in [1.807, 2.05) is 24.5 Å². The summed E-state index contributed by atoms with van der Waals surface area (Å²) in [5.41, 5.74) is 1.06. The number of hydrogen-bond acceptors (Lipinski definition) is 6. The third-order valence-electron chi connectivity index (χ3n) is 3.21. The zero-order valence-corrected chi connectivity index (χ0v) is 12.9. The standard InChI is InChI=1S/C15H16N2O4S/c1-22-6-2-5-16-15(18)11-8-13(21-17-11)10-3-4-12-14(7-10)20-9-19-12/h3-4,7-8H,2,5-6,9H2,1H3,(H,16,18). The van der Waals surface area contributed by atoms with E-state index in [4.69, 9.17) is 14.0 Å². The molecule has 1 aromatic heterocycles. The maximum atomic E-state index is 12.0. The Bertz CT molecular complexity index is 671. The smallest absolute Gasteiger partial charge is 0.273 e. The zero-order chi connectivity index (χ0) is 15.4. The van der Waals surface area contributed by atoms with Gasteiger partial charge < -0.3 is 19.3 Å². The van der Waals surface area contributed by atoms with E-state index in [0.717, 1.165) is 17.7 Å². The Hall–Kier alpha value is -2.15. The average Bonchev–Trinajstić information content (AvgIpc) is 3.19. The summed E-state index contributed by atoms with van der Waals surface area (Å²) in [7, 11) is 0. The predicted molar refractivity (Wildman–Crippen MR) is 83.4 cm³/mol. The first-order valence-corrected chi connectivity index (χ1v) is 8.31. The summed E-state index contributed by atoms with van der Waals surface area (Å²) in [6.45, 7) is 0.852. The summed E-state index contributed by atoms with van der Waals surface area (Å²) < 4.78 is 15.8. The van der Waals surface area contributed by atoms with E-state index in [0.29, 0.717) is 23.8 Å². The van der Waals surface area contributed by atoms with Gasteiger partial charge in [-0.15, -0.1) is 0 Å². The van der Waals surface area contributed by atoms with Crippen LogP contribution in [0.25, 0.3) is 11.3 Å². The molecule has 0 unspecified atom stereocenters. The van der Waals surface area contributed by atoms with E-state index < -0.39 is 0 Å². The van der Waals surface area contributed by atoms with Gasteiger partial charge in [0.1, 0.15) is 0 Å². The van der Waals surface area contributed by atoms with Gasteiger partial charge >= 0.3 is 0 Å². The van der Waals surface area contributed by atoms with Crippen LogP contribution in [-0.4, -0.2) is 36.4 Å². The minimum absolute atomic E-state index is 0.221. The molecule has 1 aliphatic rings. The number of benzene rings is 1. The summed E-state index contributed by atoms with van der Waals surface area (Å²) in [6.07, 6.45) is 2.97. The van der Waals surface area contributed by atoms with Crippen molar-refractivity contribution in [3.63, 3.8) is 0 Å². The molecule has 0 aliphatic carbocycles. The Morgan fingerprint density at radius 2 is 2.18 bits per heavy atom. The second-order valence-electron chi connectivity index (χ2n) is 4.75. The second-order valence-corrected chi connectivity index (χ2v) is 5.73. The lowest BCUT2D eigenvalue weighted by Gasteiger charge is -2.00. The van der Waals surface area contributed by atoms with Gasteiger partial charge in [-0.05, 0) is 36.6 Å². The van der Waals surface area contributed by atoms with Crippen LogP contribution in [0.1, 0.15) is 16.9 Å². The van der Waals surface area contributed by atoms with E-state index in [2.05, 4.69) is 10.5 Å². The zero-order valence-electron chi connectivity index (χ0n) is 12.1. The van der Waals surface area contributed by atoms with Gasteiger partial charge in [0.15, 0.2) is 23.0 Å². The fourth-order valence-corrected chi connectivity index (χ4v) is 2.51. The van der Waals surface area contributed by atoms with Gasteiger partial charge in [-0.2, -0.15) is 11.8 Å². The summed E-state index contributed by atoms with van der Waals surface area (Å²) in [4.78, 5) is 12.0. The molecular formula is C15H16N2O4S. The van der Waals surface area contributed by atoms with Crippen LogP contribution < -0.4 is 14.8 Å². The largest absolute Gasteiger partial charge is 0.454 e. The molecule has 1 amide bonds. The first kappa shape index (κ1) is 14.8. The van der Waals surface area contributed by atoms with Crippen LogP contribution in [0, 0.1) is 0 Å². The molecule has 116 valence electrons. The van der Waals surface area contributed by atoms with Crippen molar-refractivity contribution in [3.05, 3.63) is 30.0 Å².